The molecule has 0 radical (unpaired) electrons. The molecule has 0 aliphatic carbocycles. The van der Waals surface area contributed by atoms with Crippen molar-refractivity contribution < 1.29 is 13.2 Å². The Morgan fingerprint density at radius 3 is 2.83 bits per heavy atom. The standard InChI is InChI=1S/C20H27F3N6/c1-24-19(26-14-15-7-5-8-16(13-15)20(21,22)23)25-11-6-10-18-28-27-17-9-3-2-4-12-29(17)18/h5,7-8,13H,2-4,6,9-12,14H2,1H3,(H2,24,25,26). The molecule has 2 aromatic rings. The molecule has 1 aromatic carbocycles. The maximum absolute atomic E-state index is 12.8. The molecule has 0 amide bonds. The predicted octanol–water partition coefficient (Wildman–Crippen LogP) is 3.32. The molecular weight excluding hydrogens is 381 g/mol. The molecule has 1 aromatic heterocycles. The summed E-state index contributed by atoms with van der Waals surface area (Å²) >= 11 is 0. The molecule has 1 aliphatic heterocycles. The molecule has 0 unspecified atom stereocenters. The Bertz CT molecular complexity index is 828. The highest BCUT2D eigenvalue weighted by Gasteiger charge is 2.30. The van der Waals surface area contributed by atoms with Crippen LogP contribution in [0, 0.1) is 0 Å². The van der Waals surface area contributed by atoms with Crippen LogP contribution in [0.2, 0.25) is 0 Å². The number of guanidine groups is 1. The van der Waals surface area contributed by atoms with Crippen LogP contribution in [-0.2, 0) is 32.1 Å². The maximum atomic E-state index is 12.8. The van der Waals surface area contributed by atoms with E-state index in [9.17, 15) is 13.2 Å². The van der Waals surface area contributed by atoms with Crippen molar-refractivity contribution in [2.75, 3.05) is 13.6 Å². The van der Waals surface area contributed by atoms with Gasteiger partial charge < -0.3 is 15.2 Å². The number of alkyl halides is 3. The van der Waals surface area contributed by atoms with Gasteiger partial charge in [0.1, 0.15) is 11.6 Å². The number of rotatable bonds is 6. The third-order valence-electron chi connectivity index (χ3n) is 4.99. The lowest BCUT2D eigenvalue weighted by Gasteiger charge is -2.13. The number of hydrogen-bond donors (Lipinski definition) is 2. The van der Waals surface area contributed by atoms with Crippen molar-refractivity contribution in [2.45, 2.75) is 57.8 Å². The fraction of sp³-hybridized carbons (Fsp3) is 0.550. The van der Waals surface area contributed by atoms with Crippen LogP contribution in [-0.4, -0.2) is 34.3 Å². The van der Waals surface area contributed by atoms with Crippen LogP contribution in [0.1, 0.15) is 48.5 Å². The normalized spacial score (nSPS) is 15.0. The Hall–Kier alpha value is -2.58. The van der Waals surface area contributed by atoms with E-state index >= 15 is 0 Å². The number of fused-ring (bicyclic) bond motifs is 1. The fourth-order valence-electron chi connectivity index (χ4n) is 3.45. The number of nitrogens with one attached hydrogen (secondary N) is 2. The number of halogens is 3. The van der Waals surface area contributed by atoms with Crippen LogP contribution < -0.4 is 10.6 Å². The zero-order valence-corrected chi connectivity index (χ0v) is 16.6. The quantitative estimate of drug-likeness (QED) is 0.437. The van der Waals surface area contributed by atoms with Gasteiger partial charge in [0.25, 0.3) is 0 Å². The highest BCUT2D eigenvalue weighted by Crippen LogP contribution is 2.29. The van der Waals surface area contributed by atoms with E-state index in [0.29, 0.717) is 18.1 Å². The first-order chi connectivity index (χ1) is 14.0. The van der Waals surface area contributed by atoms with E-state index in [1.807, 2.05) is 0 Å². The van der Waals surface area contributed by atoms with Crippen LogP contribution in [0.15, 0.2) is 29.3 Å². The smallest absolute Gasteiger partial charge is 0.356 e. The predicted molar refractivity (Wildman–Crippen MR) is 106 cm³/mol. The fourth-order valence-corrected chi connectivity index (χ4v) is 3.45. The Balaban J connectivity index is 1.44. The molecule has 0 bridgehead atoms. The number of benzene rings is 1. The van der Waals surface area contributed by atoms with Crippen LogP contribution >= 0.6 is 0 Å². The van der Waals surface area contributed by atoms with Crippen molar-refractivity contribution >= 4 is 5.96 Å². The minimum absolute atomic E-state index is 0.265. The largest absolute Gasteiger partial charge is 0.416 e. The first-order valence-corrected chi connectivity index (χ1v) is 9.99. The number of aromatic nitrogens is 3. The Labute approximate surface area is 168 Å². The van der Waals surface area contributed by atoms with Crippen LogP contribution in [0.25, 0.3) is 0 Å². The lowest BCUT2D eigenvalue weighted by Crippen LogP contribution is -2.37. The lowest BCUT2D eigenvalue weighted by atomic mass is 10.1. The summed E-state index contributed by atoms with van der Waals surface area (Å²) in [6.07, 6.45) is 1.92. The number of aryl methyl sites for hydroxylation is 2. The summed E-state index contributed by atoms with van der Waals surface area (Å²) in [5, 5.41) is 14.9. The van der Waals surface area contributed by atoms with Crippen molar-refractivity contribution in [1.82, 2.24) is 25.4 Å². The van der Waals surface area contributed by atoms with Gasteiger partial charge in [0, 0.05) is 39.5 Å². The van der Waals surface area contributed by atoms with Crippen LogP contribution in [0.3, 0.4) is 0 Å². The number of hydrogen-bond acceptors (Lipinski definition) is 3. The van der Waals surface area contributed by atoms with Gasteiger partial charge in [-0.05, 0) is 37.0 Å². The van der Waals surface area contributed by atoms with Crippen molar-refractivity contribution in [3.63, 3.8) is 0 Å². The second-order valence-electron chi connectivity index (χ2n) is 7.15. The first-order valence-electron chi connectivity index (χ1n) is 9.99. The summed E-state index contributed by atoms with van der Waals surface area (Å²) in [6.45, 7) is 1.94. The second kappa shape index (κ2) is 9.76. The van der Waals surface area contributed by atoms with E-state index in [-0.39, 0.29) is 6.54 Å². The highest BCUT2D eigenvalue weighted by atomic mass is 19.4. The molecule has 6 nitrogen and oxygen atoms in total. The average Bonchev–Trinajstić information content (AvgIpc) is 2.93. The second-order valence-corrected chi connectivity index (χ2v) is 7.15. The topological polar surface area (TPSA) is 67.1 Å². The van der Waals surface area contributed by atoms with Gasteiger partial charge in [0.2, 0.25) is 0 Å². The maximum Gasteiger partial charge on any atom is 0.416 e. The minimum atomic E-state index is -4.34. The molecule has 0 fully saturated rings. The van der Waals surface area contributed by atoms with Gasteiger partial charge in [-0.25, -0.2) is 0 Å². The summed E-state index contributed by atoms with van der Waals surface area (Å²) in [5.41, 5.74) is -0.0962. The average molecular weight is 408 g/mol. The molecule has 1 aliphatic rings. The van der Waals surface area contributed by atoms with Gasteiger partial charge in [-0.1, -0.05) is 18.6 Å². The van der Waals surface area contributed by atoms with Gasteiger partial charge in [-0.15, -0.1) is 10.2 Å². The molecule has 0 atom stereocenters. The molecule has 3 rings (SSSR count). The minimum Gasteiger partial charge on any atom is -0.356 e. The van der Waals surface area contributed by atoms with E-state index in [2.05, 4.69) is 30.4 Å². The van der Waals surface area contributed by atoms with Gasteiger partial charge in [-0.2, -0.15) is 13.2 Å². The van der Waals surface area contributed by atoms with Gasteiger partial charge in [0.15, 0.2) is 5.96 Å². The third kappa shape index (κ3) is 5.95. The molecule has 0 saturated carbocycles. The third-order valence-corrected chi connectivity index (χ3v) is 4.99. The molecule has 29 heavy (non-hydrogen) atoms. The van der Waals surface area contributed by atoms with E-state index in [1.165, 1.54) is 25.3 Å². The van der Waals surface area contributed by atoms with E-state index in [0.717, 1.165) is 49.6 Å². The van der Waals surface area contributed by atoms with Crippen molar-refractivity contribution in [1.29, 1.82) is 0 Å². The summed E-state index contributed by atoms with van der Waals surface area (Å²) in [4.78, 5) is 4.13. The SMILES string of the molecule is CN=C(NCCCc1nnc2n1CCCCC2)NCc1cccc(C(F)(F)F)c1. The summed E-state index contributed by atoms with van der Waals surface area (Å²) in [7, 11) is 1.64. The Morgan fingerprint density at radius 1 is 1.17 bits per heavy atom. The van der Waals surface area contributed by atoms with Gasteiger partial charge in [-0.3, -0.25) is 4.99 Å². The Kier molecular flexibility index (Phi) is 7.11. The molecule has 9 heteroatoms. The van der Waals surface area contributed by atoms with Crippen molar-refractivity contribution in [2.24, 2.45) is 4.99 Å². The molecule has 0 saturated heterocycles. The molecular formula is C20H27F3N6. The van der Waals surface area contributed by atoms with E-state index in [4.69, 9.17) is 0 Å². The molecule has 2 heterocycles. The van der Waals surface area contributed by atoms with E-state index < -0.39 is 11.7 Å². The zero-order chi connectivity index (χ0) is 20.7. The lowest BCUT2D eigenvalue weighted by molar-refractivity contribution is -0.137. The van der Waals surface area contributed by atoms with Crippen molar-refractivity contribution in [3.8, 4) is 0 Å². The van der Waals surface area contributed by atoms with Crippen LogP contribution in [0.4, 0.5) is 13.2 Å². The van der Waals surface area contributed by atoms with E-state index in [1.54, 1.807) is 13.1 Å². The molecule has 2 N–H and O–H groups in total. The summed E-state index contributed by atoms with van der Waals surface area (Å²) < 4.78 is 40.7. The van der Waals surface area contributed by atoms with Gasteiger partial charge >= 0.3 is 6.18 Å². The number of nitrogens with zero attached hydrogens (tertiary/aromatic N) is 4. The Morgan fingerprint density at radius 2 is 2.03 bits per heavy atom. The van der Waals surface area contributed by atoms with Crippen LogP contribution in [0.5, 0.6) is 0 Å². The monoisotopic (exact) mass is 408 g/mol. The molecule has 0 spiro atoms. The number of aliphatic imine (C=N–C) groups is 1. The highest BCUT2D eigenvalue weighted by molar-refractivity contribution is 5.79. The zero-order valence-electron chi connectivity index (χ0n) is 16.6. The summed E-state index contributed by atoms with van der Waals surface area (Å²) in [5.74, 6) is 2.67. The first kappa shape index (κ1) is 21.1. The molecule has 158 valence electrons. The van der Waals surface area contributed by atoms with Crippen molar-refractivity contribution in [3.05, 3.63) is 47.0 Å². The summed E-state index contributed by atoms with van der Waals surface area (Å²) in [6, 6.07) is 5.29. The van der Waals surface area contributed by atoms with Gasteiger partial charge in [0.05, 0.1) is 5.56 Å².